The van der Waals surface area contributed by atoms with Crippen molar-refractivity contribution in [2.24, 2.45) is 0 Å². The van der Waals surface area contributed by atoms with Crippen LogP contribution in [0.1, 0.15) is 22.3 Å². The van der Waals surface area contributed by atoms with E-state index < -0.39 is 12.1 Å². The quantitative estimate of drug-likeness (QED) is 0.405. The molecule has 3 rings (SSSR count). The third kappa shape index (κ3) is 6.36. The van der Waals surface area contributed by atoms with Crippen LogP contribution < -0.4 is 10.6 Å². The Morgan fingerprint density at radius 1 is 1.03 bits per heavy atom. The van der Waals surface area contributed by atoms with E-state index >= 15 is 0 Å². The van der Waals surface area contributed by atoms with Gasteiger partial charge in [-0.3, -0.25) is 9.59 Å². The minimum Gasteiger partial charge on any atom is -0.481 e. The van der Waals surface area contributed by atoms with E-state index in [0.717, 1.165) is 16.7 Å². The van der Waals surface area contributed by atoms with Crippen molar-refractivity contribution in [3.8, 4) is 11.1 Å². The molecule has 0 aliphatic carbocycles. The first kappa shape index (κ1) is 22.4. The zero-order chi connectivity index (χ0) is 22.2. The predicted octanol–water partition coefficient (Wildman–Crippen LogP) is 3.58. The number of aliphatic hydroxyl groups excluding tert-OH is 1. The fourth-order valence-electron chi connectivity index (χ4n) is 2.99. The molecule has 0 saturated carbocycles. The van der Waals surface area contributed by atoms with Gasteiger partial charge in [0.15, 0.2) is 0 Å². The number of aromatic nitrogens is 1. The van der Waals surface area contributed by atoms with Crippen LogP contribution in [0.3, 0.4) is 0 Å². The van der Waals surface area contributed by atoms with Crippen molar-refractivity contribution in [3.63, 3.8) is 0 Å². The number of benzene rings is 2. The number of carboxylic acid groups (broad SMARTS) is 1. The van der Waals surface area contributed by atoms with E-state index in [1.807, 2.05) is 36.4 Å². The predicted molar refractivity (Wildman–Crippen MR) is 119 cm³/mol. The van der Waals surface area contributed by atoms with E-state index in [9.17, 15) is 14.7 Å². The van der Waals surface area contributed by atoms with Crippen LogP contribution in [-0.4, -0.2) is 39.7 Å². The van der Waals surface area contributed by atoms with Crippen LogP contribution in [0.2, 0.25) is 5.02 Å². The second-order valence-corrected chi connectivity index (χ2v) is 7.30. The van der Waals surface area contributed by atoms with Crippen molar-refractivity contribution in [3.05, 3.63) is 83.0 Å². The summed E-state index contributed by atoms with van der Waals surface area (Å²) in [5.41, 5.74) is 2.87. The fraction of sp³-hybridized carbons (Fsp3) is 0.174. The van der Waals surface area contributed by atoms with Crippen molar-refractivity contribution in [1.29, 1.82) is 0 Å². The van der Waals surface area contributed by atoms with E-state index in [2.05, 4.69) is 15.6 Å². The van der Waals surface area contributed by atoms with E-state index in [1.54, 1.807) is 30.5 Å². The molecule has 160 valence electrons. The van der Waals surface area contributed by atoms with E-state index in [1.165, 1.54) is 0 Å². The monoisotopic (exact) mass is 439 g/mol. The Kier molecular flexibility index (Phi) is 7.72. The van der Waals surface area contributed by atoms with Gasteiger partial charge in [-0.1, -0.05) is 60.1 Å². The Labute approximate surface area is 184 Å². The van der Waals surface area contributed by atoms with Gasteiger partial charge in [-0.15, -0.1) is 0 Å². The highest BCUT2D eigenvalue weighted by Crippen LogP contribution is 2.30. The second kappa shape index (κ2) is 10.7. The van der Waals surface area contributed by atoms with Crippen molar-refractivity contribution < 1.29 is 19.8 Å². The summed E-state index contributed by atoms with van der Waals surface area (Å²) in [6, 6.07) is 18.3. The molecule has 1 amide bonds. The Morgan fingerprint density at radius 2 is 1.81 bits per heavy atom. The molecule has 7 nitrogen and oxygen atoms in total. The molecule has 0 spiro atoms. The molecule has 0 radical (unpaired) electrons. The van der Waals surface area contributed by atoms with E-state index in [4.69, 9.17) is 16.7 Å². The van der Waals surface area contributed by atoms with Gasteiger partial charge in [0.1, 0.15) is 5.82 Å². The number of amides is 1. The summed E-state index contributed by atoms with van der Waals surface area (Å²) in [6.45, 7) is 0.559. The molecule has 2 aromatic carbocycles. The molecule has 4 N–H and O–H groups in total. The van der Waals surface area contributed by atoms with E-state index in [0.29, 0.717) is 22.9 Å². The number of aliphatic carboxylic acids is 1. The number of aliphatic hydroxyl groups is 1. The lowest BCUT2D eigenvalue weighted by atomic mass is 10.0. The average Bonchev–Trinajstić information content (AvgIpc) is 2.75. The summed E-state index contributed by atoms with van der Waals surface area (Å²) in [7, 11) is 0. The Balaban J connectivity index is 1.61. The Bertz CT molecular complexity index is 1040. The topological polar surface area (TPSA) is 112 Å². The number of hydrogen-bond donors (Lipinski definition) is 4. The molecule has 0 aliphatic rings. The molecule has 0 saturated heterocycles. The molecular formula is C23H22ClN3O4. The van der Waals surface area contributed by atoms with Crippen LogP contribution in [-0.2, 0) is 11.3 Å². The number of carbonyl (C=O) groups is 2. The molecule has 3 aromatic rings. The summed E-state index contributed by atoms with van der Waals surface area (Å²) in [6.07, 6.45) is 0.318. The lowest BCUT2D eigenvalue weighted by molar-refractivity contribution is -0.139. The minimum absolute atomic E-state index is 0.154. The van der Waals surface area contributed by atoms with Crippen LogP contribution >= 0.6 is 11.6 Å². The van der Waals surface area contributed by atoms with Crippen LogP contribution in [0, 0.1) is 0 Å². The van der Waals surface area contributed by atoms with Crippen molar-refractivity contribution >= 4 is 29.3 Å². The number of carbonyl (C=O) groups excluding carboxylic acids is 1. The fourth-order valence-corrected chi connectivity index (χ4v) is 3.31. The molecule has 1 heterocycles. The molecular weight excluding hydrogens is 418 g/mol. The normalized spacial score (nSPS) is 11.7. The standard InChI is InChI=1S/C23H22ClN3O4/c24-22-18(16-5-2-1-3-6-16)7-4-8-19(22)23(31)27-20-10-9-15(13-26-20)12-25-14-17(28)11-21(29)30/h1-10,13,17,25,28H,11-12,14H2,(H,29,30)(H,26,27,31). The summed E-state index contributed by atoms with van der Waals surface area (Å²) >= 11 is 6.50. The van der Waals surface area contributed by atoms with Gasteiger partial charge in [0.25, 0.3) is 5.91 Å². The van der Waals surface area contributed by atoms with Gasteiger partial charge in [-0.05, 0) is 23.3 Å². The summed E-state index contributed by atoms with van der Waals surface area (Å²) in [5.74, 6) is -1.04. The van der Waals surface area contributed by atoms with E-state index in [-0.39, 0.29) is 18.9 Å². The lowest BCUT2D eigenvalue weighted by Crippen LogP contribution is -2.28. The van der Waals surface area contributed by atoms with Gasteiger partial charge in [0, 0.05) is 24.8 Å². The highest BCUT2D eigenvalue weighted by molar-refractivity contribution is 6.37. The first-order valence-electron chi connectivity index (χ1n) is 9.65. The Hall–Kier alpha value is -3.26. The number of anilines is 1. The van der Waals surface area contributed by atoms with Crippen LogP contribution in [0.25, 0.3) is 11.1 Å². The molecule has 1 aromatic heterocycles. The average molecular weight is 440 g/mol. The summed E-state index contributed by atoms with van der Waals surface area (Å²) in [5, 5.41) is 24.3. The molecule has 1 atom stereocenters. The highest BCUT2D eigenvalue weighted by Gasteiger charge is 2.15. The first-order valence-corrected chi connectivity index (χ1v) is 10.0. The molecule has 1 unspecified atom stereocenters. The molecule has 8 heteroatoms. The highest BCUT2D eigenvalue weighted by atomic mass is 35.5. The number of pyridine rings is 1. The maximum absolute atomic E-state index is 12.7. The molecule has 0 fully saturated rings. The van der Waals surface area contributed by atoms with Gasteiger partial charge in [0.2, 0.25) is 0 Å². The molecule has 31 heavy (non-hydrogen) atoms. The van der Waals surface area contributed by atoms with Crippen molar-refractivity contribution in [1.82, 2.24) is 10.3 Å². The maximum Gasteiger partial charge on any atom is 0.306 e. The number of nitrogens with one attached hydrogen (secondary N) is 2. The number of nitrogens with zero attached hydrogens (tertiary/aromatic N) is 1. The first-order chi connectivity index (χ1) is 14.9. The number of rotatable bonds is 9. The maximum atomic E-state index is 12.7. The Morgan fingerprint density at radius 3 is 2.48 bits per heavy atom. The molecule has 0 bridgehead atoms. The van der Waals surface area contributed by atoms with Crippen LogP contribution in [0.15, 0.2) is 66.9 Å². The molecule has 0 aliphatic heterocycles. The summed E-state index contributed by atoms with van der Waals surface area (Å²) < 4.78 is 0. The van der Waals surface area contributed by atoms with Gasteiger partial charge in [-0.25, -0.2) is 4.98 Å². The zero-order valence-corrected chi connectivity index (χ0v) is 17.3. The second-order valence-electron chi connectivity index (χ2n) is 6.92. The van der Waals surface area contributed by atoms with Gasteiger partial charge in [0.05, 0.1) is 23.1 Å². The lowest BCUT2D eigenvalue weighted by Gasteiger charge is -2.11. The SMILES string of the molecule is O=C(O)CC(O)CNCc1ccc(NC(=O)c2cccc(-c3ccccc3)c2Cl)nc1. The van der Waals surface area contributed by atoms with Crippen molar-refractivity contribution in [2.45, 2.75) is 19.1 Å². The van der Waals surface area contributed by atoms with Gasteiger partial charge < -0.3 is 20.8 Å². The van der Waals surface area contributed by atoms with Crippen molar-refractivity contribution in [2.75, 3.05) is 11.9 Å². The van der Waals surface area contributed by atoms with Crippen LogP contribution in [0.4, 0.5) is 5.82 Å². The number of carboxylic acids is 1. The van der Waals surface area contributed by atoms with Crippen LogP contribution in [0.5, 0.6) is 0 Å². The third-order valence-corrected chi connectivity index (χ3v) is 4.92. The summed E-state index contributed by atoms with van der Waals surface area (Å²) in [4.78, 5) is 27.5. The number of hydrogen-bond acceptors (Lipinski definition) is 5. The van der Waals surface area contributed by atoms with Gasteiger partial charge in [-0.2, -0.15) is 0 Å². The zero-order valence-electron chi connectivity index (χ0n) is 16.6. The minimum atomic E-state index is -1.05. The largest absolute Gasteiger partial charge is 0.481 e. The smallest absolute Gasteiger partial charge is 0.306 e. The third-order valence-electron chi connectivity index (χ3n) is 4.51. The van der Waals surface area contributed by atoms with Gasteiger partial charge >= 0.3 is 5.97 Å². The number of halogens is 1.